The number of anilines is 1. The Balaban J connectivity index is 2.19. The Morgan fingerprint density at radius 1 is 1.33 bits per heavy atom. The number of hydrogen-bond acceptors (Lipinski definition) is 2. The van der Waals surface area contributed by atoms with Crippen LogP contribution in [0.1, 0.15) is 31.4 Å². The second-order valence-corrected chi connectivity index (χ2v) is 4.94. The summed E-state index contributed by atoms with van der Waals surface area (Å²) in [6.07, 6.45) is 2.91. The number of nitrogens with zero attached hydrogens (tertiary/aromatic N) is 1. The van der Waals surface area contributed by atoms with Gasteiger partial charge in [0.15, 0.2) is 0 Å². The number of likely N-dealkylation sites (tertiary alicyclic amines) is 1. The lowest BCUT2D eigenvalue weighted by Gasteiger charge is -2.17. The lowest BCUT2D eigenvalue weighted by molar-refractivity contribution is -0.127. The van der Waals surface area contributed by atoms with Crippen LogP contribution in [0.4, 0.5) is 5.69 Å². The van der Waals surface area contributed by atoms with Crippen molar-refractivity contribution in [3.05, 3.63) is 29.3 Å². The quantitative estimate of drug-likeness (QED) is 0.885. The minimum absolute atomic E-state index is 0.0487. The van der Waals surface area contributed by atoms with Crippen LogP contribution in [-0.4, -0.2) is 30.4 Å². The van der Waals surface area contributed by atoms with Crippen LogP contribution in [0.25, 0.3) is 0 Å². The average Bonchev–Trinajstić information content (AvgIpc) is 2.70. The summed E-state index contributed by atoms with van der Waals surface area (Å²) in [5.74, 6) is 0.207. The van der Waals surface area contributed by atoms with Crippen molar-refractivity contribution in [3.8, 4) is 0 Å². The van der Waals surface area contributed by atoms with Gasteiger partial charge >= 0.3 is 0 Å². The Hall–Kier alpha value is -1.51. The maximum absolute atomic E-state index is 11.9. The Bertz CT molecular complexity index is 442. The summed E-state index contributed by atoms with van der Waals surface area (Å²) in [6, 6.07) is 6.48. The zero-order chi connectivity index (χ0) is 13.1. The predicted molar refractivity (Wildman–Crippen MR) is 74.9 cm³/mol. The third kappa shape index (κ3) is 2.50. The van der Waals surface area contributed by atoms with E-state index in [2.05, 4.69) is 37.4 Å². The maximum atomic E-state index is 11.9. The SMILES string of the molecule is CCc1ccc(CC)c(N[C@@H]2CCN(C)C2=O)c1. The lowest BCUT2D eigenvalue weighted by atomic mass is 10.0. The molecule has 3 nitrogen and oxygen atoms in total. The first-order valence-corrected chi connectivity index (χ1v) is 6.79. The topological polar surface area (TPSA) is 32.3 Å². The molecule has 1 saturated heterocycles. The minimum Gasteiger partial charge on any atom is -0.373 e. The zero-order valence-electron chi connectivity index (χ0n) is 11.5. The van der Waals surface area contributed by atoms with E-state index < -0.39 is 0 Å². The third-order valence-corrected chi connectivity index (χ3v) is 3.72. The minimum atomic E-state index is -0.0487. The van der Waals surface area contributed by atoms with Crippen LogP contribution in [0, 0.1) is 0 Å². The highest BCUT2D eigenvalue weighted by Crippen LogP contribution is 2.22. The van der Waals surface area contributed by atoms with Crippen molar-refractivity contribution in [1.82, 2.24) is 4.90 Å². The van der Waals surface area contributed by atoms with Gasteiger partial charge in [0.2, 0.25) is 5.91 Å². The molecular formula is C15H22N2O. The Labute approximate surface area is 109 Å². The number of nitrogens with one attached hydrogen (secondary N) is 1. The van der Waals surface area contributed by atoms with Gasteiger partial charge in [-0.15, -0.1) is 0 Å². The van der Waals surface area contributed by atoms with Gasteiger partial charge in [0.05, 0.1) is 0 Å². The maximum Gasteiger partial charge on any atom is 0.244 e. The highest BCUT2D eigenvalue weighted by atomic mass is 16.2. The Morgan fingerprint density at radius 3 is 2.67 bits per heavy atom. The first-order chi connectivity index (χ1) is 8.65. The molecule has 1 heterocycles. The number of hydrogen-bond donors (Lipinski definition) is 1. The molecule has 1 amide bonds. The predicted octanol–water partition coefficient (Wildman–Crippen LogP) is 2.45. The van der Waals surface area contributed by atoms with E-state index in [9.17, 15) is 4.79 Å². The summed E-state index contributed by atoms with van der Waals surface area (Å²) in [6.45, 7) is 5.15. The van der Waals surface area contributed by atoms with Crippen LogP contribution in [0.5, 0.6) is 0 Å². The number of carbonyl (C=O) groups excluding carboxylic acids is 1. The molecule has 0 aliphatic carbocycles. The summed E-state index contributed by atoms with van der Waals surface area (Å²) < 4.78 is 0. The van der Waals surface area contributed by atoms with Gasteiger partial charge in [-0.3, -0.25) is 4.79 Å². The van der Waals surface area contributed by atoms with Gasteiger partial charge in [-0.05, 0) is 36.5 Å². The molecule has 0 radical (unpaired) electrons. The van der Waals surface area contributed by atoms with Crippen molar-refractivity contribution in [2.45, 2.75) is 39.2 Å². The summed E-state index contributed by atoms with van der Waals surface area (Å²) in [5, 5.41) is 3.42. The van der Waals surface area contributed by atoms with Gasteiger partial charge in [-0.2, -0.15) is 0 Å². The van der Waals surface area contributed by atoms with Crippen molar-refractivity contribution in [2.75, 3.05) is 18.9 Å². The van der Waals surface area contributed by atoms with E-state index in [0.717, 1.165) is 31.5 Å². The molecule has 0 unspecified atom stereocenters. The largest absolute Gasteiger partial charge is 0.373 e. The molecule has 1 fully saturated rings. The van der Waals surface area contributed by atoms with Crippen LogP contribution >= 0.6 is 0 Å². The highest BCUT2D eigenvalue weighted by Gasteiger charge is 2.29. The van der Waals surface area contributed by atoms with E-state index in [1.807, 2.05) is 7.05 Å². The number of carbonyl (C=O) groups is 1. The van der Waals surface area contributed by atoms with E-state index in [0.29, 0.717) is 0 Å². The van der Waals surface area contributed by atoms with E-state index >= 15 is 0 Å². The van der Waals surface area contributed by atoms with E-state index in [4.69, 9.17) is 0 Å². The molecule has 0 saturated carbocycles. The van der Waals surface area contributed by atoms with Crippen molar-refractivity contribution in [2.24, 2.45) is 0 Å². The van der Waals surface area contributed by atoms with Crippen LogP contribution in [0.2, 0.25) is 0 Å². The van der Waals surface area contributed by atoms with Crippen molar-refractivity contribution in [3.63, 3.8) is 0 Å². The van der Waals surface area contributed by atoms with E-state index in [-0.39, 0.29) is 11.9 Å². The fraction of sp³-hybridized carbons (Fsp3) is 0.533. The molecule has 1 aromatic carbocycles. The summed E-state index contributed by atoms with van der Waals surface area (Å²) in [7, 11) is 1.87. The van der Waals surface area contributed by atoms with E-state index in [1.54, 1.807) is 4.90 Å². The molecule has 0 spiro atoms. The summed E-state index contributed by atoms with van der Waals surface area (Å²) >= 11 is 0. The molecule has 0 bridgehead atoms. The lowest BCUT2D eigenvalue weighted by Crippen LogP contribution is -2.31. The molecule has 0 aromatic heterocycles. The molecule has 1 aliphatic heterocycles. The fourth-order valence-corrected chi connectivity index (χ4v) is 2.43. The van der Waals surface area contributed by atoms with Crippen molar-refractivity contribution in [1.29, 1.82) is 0 Å². The van der Waals surface area contributed by atoms with Crippen LogP contribution in [0.3, 0.4) is 0 Å². The van der Waals surface area contributed by atoms with Crippen LogP contribution < -0.4 is 5.32 Å². The number of likely N-dealkylation sites (N-methyl/N-ethyl adjacent to an activating group) is 1. The van der Waals surface area contributed by atoms with Crippen LogP contribution in [-0.2, 0) is 17.6 Å². The van der Waals surface area contributed by atoms with Crippen LogP contribution in [0.15, 0.2) is 18.2 Å². The second-order valence-electron chi connectivity index (χ2n) is 4.94. The number of amides is 1. The zero-order valence-corrected chi connectivity index (χ0v) is 11.5. The Kier molecular flexibility index (Phi) is 3.90. The normalized spacial score (nSPS) is 19.4. The number of aryl methyl sites for hydroxylation is 2. The molecule has 3 heteroatoms. The fourth-order valence-electron chi connectivity index (χ4n) is 2.43. The first-order valence-electron chi connectivity index (χ1n) is 6.79. The molecule has 98 valence electrons. The third-order valence-electron chi connectivity index (χ3n) is 3.72. The number of benzene rings is 1. The molecule has 1 atom stereocenters. The van der Waals surface area contributed by atoms with Gasteiger partial charge in [-0.25, -0.2) is 0 Å². The first kappa shape index (κ1) is 12.9. The van der Waals surface area contributed by atoms with Crippen molar-refractivity contribution < 1.29 is 4.79 Å². The average molecular weight is 246 g/mol. The van der Waals surface area contributed by atoms with Gasteiger partial charge in [0.1, 0.15) is 6.04 Å². The molecule has 1 aliphatic rings. The molecular weight excluding hydrogens is 224 g/mol. The summed E-state index contributed by atoms with van der Waals surface area (Å²) in [5.41, 5.74) is 3.73. The monoisotopic (exact) mass is 246 g/mol. The number of rotatable bonds is 4. The molecule has 18 heavy (non-hydrogen) atoms. The summed E-state index contributed by atoms with van der Waals surface area (Å²) in [4.78, 5) is 13.7. The molecule has 1 aromatic rings. The van der Waals surface area contributed by atoms with Gasteiger partial charge < -0.3 is 10.2 Å². The standard InChI is InChI=1S/C15H22N2O/c1-4-11-6-7-12(5-2)14(10-11)16-13-8-9-17(3)15(13)18/h6-7,10,13,16H,4-5,8-9H2,1-3H3/t13-/m1/s1. The van der Waals surface area contributed by atoms with Gasteiger partial charge in [-0.1, -0.05) is 26.0 Å². The second kappa shape index (κ2) is 5.42. The molecule has 2 rings (SSSR count). The van der Waals surface area contributed by atoms with Gasteiger partial charge in [0.25, 0.3) is 0 Å². The Morgan fingerprint density at radius 2 is 2.11 bits per heavy atom. The van der Waals surface area contributed by atoms with Gasteiger partial charge in [0, 0.05) is 19.3 Å². The highest BCUT2D eigenvalue weighted by molar-refractivity contribution is 5.86. The van der Waals surface area contributed by atoms with Crippen molar-refractivity contribution >= 4 is 11.6 Å². The molecule has 1 N–H and O–H groups in total. The smallest absolute Gasteiger partial charge is 0.244 e. The van der Waals surface area contributed by atoms with E-state index in [1.165, 1.54) is 11.1 Å².